The molecule has 182 valence electrons. The first-order chi connectivity index (χ1) is 17.5. The first kappa shape index (κ1) is 23.9. The summed E-state index contributed by atoms with van der Waals surface area (Å²) in [6.07, 6.45) is 1.44. The second kappa shape index (κ2) is 10.4. The molecule has 1 unspecified atom stereocenters. The van der Waals surface area contributed by atoms with Gasteiger partial charge in [0.25, 0.3) is 0 Å². The SMILES string of the molecule is CC1=C(C(=O)OCc2ccccc2)C(c2ccccc2OCc2ccc(Cl)cc2Cl)n2ncnc2N1. The lowest BCUT2D eigenvalue weighted by Gasteiger charge is -2.29. The summed E-state index contributed by atoms with van der Waals surface area (Å²) >= 11 is 12.4. The zero-order valence-corrected chi connectivity index (χ0v) is 20.8. The number of carbonyl (C=O) groups excluding carboxylic acids is 1. The molecule has 1 aliphatic rings. The lowest BCUT2D eigenvalue weighted by molar-refractivity contribution is -0.140. The van der Waals surface area contributed by atoms with Gasteiger partial charge in [-0.05, 0) is 30.7 Å². The van der Waals surface area contributed by atoms with Crippen molar-refractivity contribution in [2.45, 2.75) is 26.2 Å². The number of hydrogen-bond acceptors (Lipinski definition) is 6. The molecule has 4 aromatic rings. The molecule has 9 heteroatoms. The highest BCUT2D eigenvalue weighted by molar-refractivity contribution is 6.35. The van der Waals surface area contributed by atoms with E-state index in [2.05, 4.69) is 15.4 Å². The van der Waals surface area contributed by atoms with Gasteiger partial charge in [0.15, 0.2) is 0 Å². The number of ether oxygens (including phenoxy) is 2. The van der Waals surface area contributed by atoms with E-state index < -0.39 is 12.0 Å². The largest absolute Gasteiger partial charge is 0.488 e. The van der Waals surface area contributed by atoms with Gasteiger partial charge in [0.05, 0.1) is 5.57 Å². The van der Waals surface area contributed by atoms with Gasteiger partial charge in [-0.25, -0.2) is 9.48 Å². The van der Waals surface area contributed by atoms with Crippen LogP contribution in [-0.4, -0.2) is 20.7 Å². The van der Waals surface area contributed by atoms with Crippen molar-refractivity contribution in [2.75, 3.05) is 5.32 Å². The van der Waals surface area contributed by atoms with Crippen LogP contribution in [0.15, 0.2) is 90.4 Å². The zero-order chi connectivity index (χ0) is 25.1. The van der Waals surface area contributed by atoms with Crippen molar-refractivity contribution in [1.82, 2.24) is 14.8 Å². The fraction of sp³-hybridized carbons (Fsp3) is 0.148. The molecule has 1 N–H and O–H groups in total. The van der Waals surface area contributed by atoms with E-state index in [1.165, 1.54) is 6.33 Å². The molecule has 0 bridgehead atoms. The van der Waals surface area contributed by atoms with E-state index in [1.54, 1.807) is 16.8 Å². The minimum atomic E-state index is -0.607. The van der Waals surface area contributed by atoms with Crippen LogP contribution < -0.4 is 10.1 Å². The van der Waals surface area contributed by atoms with Gasteiger partial charge in [-0.1, -0.05) is 77.8 Å². The smallest absolute Gasteiger partial charge is 0.338 e. The highest BCUT2D eigenvalue weighted by atomic mass is 35.5. The summed E-state index contributed by atoms with van der Waals surface area (Å²) in [5.41, 5.74) is 3.48. The lowest BCUT2D eigenvalue weighted by Crippen LogP contribution is -2.30. The monoisotopic (exact) mass is 520 g/mol. The molecule has 1 aromatic heterocycles. The Hall–Kier alpha value is -3.81. The number of aromatic nitrogens is 3. The highest BCUT2D eigenvalue weighted by Crippen LogP contribution is 2.39. The van der Waals surface area contributed by atoms with Crippen molar-refractivity contribution >= 4 is 35.1 Å². The Morgan fingerprint density at radius 1 is 1.03 bits per heavy atom. The maximum absolute atomic E-state index is 13.4. The second-order valence-electron chi connectivity index (χ2n) is 8.22. The van der Waals surface area contributed by atoms with Gasteiger partial charge in [-0.2, -0.15) is 10.1 Å². The van der Waals surface area contributed by atoms with Crippen molar-refractivity contribution in [3.63, 3.8) is 0 Å². The number of nitrogens with one attached hydrogen (secondary N) is 1. The van der Waals surface area contributed by atoms with E-state index in [9.17, 15) is 4.79 Å². The Labute approximate surface area is 218 Å². The topological polar surface area (TPSA) is 78.3 Å². The molecular weight excluding hydrogens is 499 g/mol. The number of allylic oxidation sites excluding steroid dienone is 1. The Morgan fingerprint density at radius 3 is 2.61 bits per heavy atom. The van der Waals surface area contributed by atoms with E-state index in [0.717, 1.165) is 16.7 Å². The van der Waals surface area contributed by atoms with Gasteiger partial charge in [0.1, 0.15) is 31.3 Å². The van der Waals surface area contributed by atoms with Crippen LogP contribution in [0.3, 0.4) is 0 Å². The number of halogens is 2. The fourth-order valence-corrected chi connectivity index (χ4v) is 4.54. The number of nitrogens with zero attached hydrogens (tertiary/aromatic N) is 3. The molecular formula is C27H22Cl2N4O3. The minimum Gasteiger partial charge on any atom is -0.488 e. The Kier molecular flexibility index (Phi) is 6.93. The highest BCUT2D eigenvalue weighted by Gasteiger charge is 2.36. The number of benzene rings is 3. The lowest BCUT2D eigenvalue weighted by atomic mass is 9.95. The van der Waals surface area contributed by atoms with E-state index in [0.29, 0.717) is 33.0 Å². The molecule has 0 radical (unpaired) electrons. The maximum Gasteiger partial charge on any atom is 0.338 e. The quantitative estimate of drug-likeness (QED) is 0.292. The molecule has 1 atom stereocenters. The second-order valence-corrected chi connectivity index (χ2v) is 9.06. The van der Waals surface area contributed by atoms with Crippen molar-refractivity contribution in [2.24, 2.45) is 0 Å². The Balaban J connectivity index is 1.47. The first-order valence-corrected chi connectivity index (χ1v) is 12.0. The number of anilines is 1. The van der Waals surface area contributed by atoms with Crippen LogP contribution in [0.2, 0.25) is 10.0 Å². The number of rotatable bonds is 7. The molecule has 7 nitrogen and oxygen atoms in total. The summed E-state index contributed by atoms with van der Waals surface area (Å²) in [7, 11) is 0. The van der Waals surface area contributed by atoms with Crippen molar-refractivity contribution in [3.8, 4) is 5.75 Å². The van der Waals surface area contributed by atoms with Crippen molar-refractivity contribution < 1.29 is 14.3 Å². The van der Waals surface area contributed by atoms with Crippen molar-refractivity contribution in [3.05, 3.63) is 117 Å². The third-order valence-corrected chi connectivity index (χ3v) is 6.43. The standard InChI is InChI=1S/C27H22Cl2N4O3/c1-17-24(26(34)36-14-18-7-3-2-4-8-18)25(33-27(32-17)30-16-31-33)21-9-5-6-10-23(21)35-15-19-11-12-20(28)13-22(19)29/h2-13,16,25H,14-15H2,1H3,(H,30,31,32). The van der Waals surface area contributed by atoms with Crippen LogP contribution in [0.4, 0.5) is 5.95 Å². The van der Waals surface area contributed by atoms with Gasteiger partial charge in [-0.3, -0.25) is 0 Å². The molecule has 0 saturated carbocycles. The van der Waals surface area contributed by atoms with E-state index >= 15 is 0 Å². The molecule has 0 aliphatic carbocycles. The summed E-state index contributed by atoms with van der Waals surface area (Å²) < 4.78 is 13.6. The molecule has 0 fully saturated rings. The summed E-state index contributed by atoms with van der Waals surface area (Å²) in [5, 5.41) is 8.62. The van der Waals surface area contributed by atoms with Crippen LogP contribution in [0.25, 0.3) is 0 Å². The molecule has 1 aliphatic heterocycles. The molecule has 0 saturated heterocycles. The molecule has 0 amide bonds. The van der Waals surface area contributed by atoms with Gasteiger partial charge in [0.2, 0.25) is 5.95 Å². The van der Waals surface area contributed by atoms with Crippen LogP contribution in [0.5, 0.6) is 5.75 Å². The van der Waals surface area contributed by atoms with Crippen LogP contribution in [0, 0.1) is 0 Å². The average Bonchev–Trinajstić information content (AvgIpc) is 3.35. The van der Waals surface area contributed by atoms with Gasteiger partial charge >= 0.3 is 5.97 Å². The average molecular weight is 521 g/mol. The maximum atomic E-state index is 13.4. The van der Waals surface area contributed by atoms with Gasteiger partial charge in [-0.15, -0.1) is 0 Å². The first-order valence-electron chi connectivity index (χ1n) is 11.3. The summed E-state index contributed by atoms with van der Waals surface area (Å²) in [6, 6.07) is 21.7. The normalized spacial score (nSPS) is 14.7. The molecule has 2 heterocycles. The molecule has 5 rings (SSSR count). The van der Waals surface area contributed by atoms with Crippen molar-refractivity contribution in [1.29, 1.82) is 0 Å². The summed E-state index contributed by atoms with van der Waals surface area (Å²) in [6.45, 7) is 2.19. The van der Waals surface area contributed by atoms with E-state index in [4.69, 9.17) is 32.7 Å². The fourth-order valence-electron chi connectivity index (χ4n) is 4.08. The molecule has 3 aromatic carbocycles. The van der Waals surface area contributed by atoms with Crippen LogP contribution in [-0.2, 0) is 22.7 Å². The van der Waals surface area contributed by atoms with E-state index in [1.807, 2.05) is 67.6 Å². The van der Waals surface area contributed by atoms with Crippen LogP contribution >= 0.6 is 23.2 Å². The number of fused-ring (bicyclic) bond motifs is 1. The number of esters is 1. The third-order valence-electron chi connectivity index (χ3n) is 5.84. The predicted octanol–water partition coefficient (Wildman–Crippen LogP) is 6.20. The van der Waals surface area contributed by atoms with E-state index in [-0.39, 0.29) is 13.2 Å². The Morgan fingerprint density at radius 2 is 1.81 bits per heavy atom. The van der Waals surface area contributed by atoms with Crippen LogP contribution in [0.1, 0.15) is 29.7 Å². The third kappa shape index (κ3) is 4.94. The van der Waals surface area contributed by atoms with Gasteiger partial charge in [0, 0.05) is 26.9 Å². The summed E-state index contributed by atoms with van der Waals surface area (Å²) in [5.74, 6) is 0.649. The number of hydrogen-bond donors (Lipinski definition) is 1. The predicted molar refractivity (Wildman–Crippen MR) is 138 cm³/mol. The Bertz CT molecular complexity index is 1440. The zero-order valence-electron chi connectivity index (χ0n) is 19.3. The minimum absolute atomic E-state index is 0.153. The van der Waals surface area contributed by atoms with Gasteiger partial charge < -0.3 is 14.8 Å². The number of carbonyl (C=O) groups is 1. The molecule has 36 heavy (non-hydrogen) atoms. The molecule has 0 spiro atoms. The summed E-state index contributed by atoms with van der Waals surface area (Å²) in [4.78, 5) is 17.7. The number of para-hydroxylation sites is 1.